The second-order valence-electron chi connectivity index (χ2n) is 6.62. The molecule has 0 spiro atoms. The number of likely N-dealkylation sites (tertiary alicyclic amines) is 1. The van der Waals surface area contributed by atoms with E-state index >= 15 is 0 Å². The molecule has 24 heavy (non-hydrogen) atoms. The number of nitrogens with one attached hydrogen (secondary N) is 1. The predicted octanol–water partition coefficient (Wildman–Crippen LogP) is 2.40. The van der Waals surface area contributed by atoms with Gasteiger partial charge in [0.2, 0.25) is 0 Å². The van der Waals surface area contributed by atoms with E-state index in [9.17, 15) is 14.4 Å². The van der Waals surface area contributed by atoms with Gasteiger partial charge in [-0.1, -0.05) is 12.1 Å². The minimum Gasteiger partial charge on any atom is -0.465 e. The van der Waals surface area contributed by atoms with Gasteiger partial charge in [-0.05, 0) is 42.9 Å². The van der Waals surface area contributed by atoms with E-state index in [1.165, 1.54) is 4.90 Å². The number of piperidine rings is 1. The van der Waals surface area contributed by atoms with E-state index in [-0.39, 0.29) is 17.9 Å². The van der Waals surface area contributed by atoms with Gasteiger partial charge in [-0.2, -0.15) is 0 Å². The molecule has 1 saturated carbocycles. The summed E-state index contributed by atoms with van der Waals surface area (Å²) in [6, 6.07) is 7.50. The van der Waals surface area contributed by atoms with Crippen molar-refractivity contribution in [1.29, 1.82) is 0 Å². The molecular weight excluding hydrogens is 308 g/mol. The van der Waals surface area contributed by atoms with Gasteiger partial charge in [0.15, 0.2) is 0 Å². The lowest BCUT2D eigenvalue weighted by molar-refractivity contribution is -0.117. The number of hydrogen-bond donors (Lipinski definition) is 2. The average Bonchev–Trinajstić information content (AvgIpc) is 3.02. The summed E-state index contributed by atoms with van der Waals surface area (Å²) >= 11 is 0. The first kappa shape index (κ1) is 16.5. The standard InChI is InChI=1S/C18H22N2O4/c21-16-6-5-14(11-16)12-1-3-13(4-2-12)17(22)19-15-7-9-20(10-8-15)18(23)24/h1-4,14-15H,5-11H2,(H,19,22)(H,23,24)/t14-/m0/s1. The summed E-state index contributed by atoms with van der Waals surface area (Å²) in [5.41, 5.74) is 1.72. The summed E-state index contributed by atoms with van der Waals surface area (Å²) in [6.45, 7) is 0.907. The molecule has 0 bridgehead atoms. The third-order valence-electron chi connectivity index (χ3n) is 4.99. The molecular formula is C18H22N2O4. The minimum absolute atomic E-state index is 0.0141. The van der Waals surface area contributed by atoms with Crippen LogP contribution in [-0.2, 0) is 4.79 Å². The van der Waals surface area contributed by atoms with E-state index in [1.54, 1.807) is 12.1 Å². The van der Waals surface area contributed by atoms with Crippen molar-refractivity contribution >= 4 is 17.8 Å². The number of hydrogen-bond acceptors (Lipinski definition) is 3. The van der Waals surface area contributed by atoms with Crippen LogP contribution < -0.4 is 5.32 Å². The van der Waals surface area contributed by atoms with Crippen molar-refractivity contribution < 1.29 is 19.5 Å². The second-order valence-corrected chi connectivity index (χ2v) is 6.62. The fraction of sp³-hybridized carbons (Fsp3) is 0.500. The Bertz CT molecular complexity index is 633. The van der Waals surface area contributed by atoms with Gasteiger partial charge in [0.05, 0.1) is 0 Å². The highest BCUT2D eigenvalue weighted by Gasteiger charge is 2.25. The van der Waals surface area contributed by atoms with E-state index in [4.69, 9.17) is 5.11 Å². The van der Waals surface area contributed by atoms with Crippen molar-refractivity contribution in [2.45, 2.75) is 44.1 Å². The Balaban J connectivity index is 1.54. The van der Waals surface area contributed by atoms with E-state index in [0.29, 0.717) is 50.1 Å². The van der Waals surface area contributed by atoms with Gasteiger partial charge < -0.3 is 15.3 Å². The Kier molecular flexibility index (Phi) is 4.83. The normalized spacial score (nSPS) is 21.8. The van der Waals surface area contributed by atoms with E-state index in [2.05, 4.69) is 5.32 Å². The highest BCUT2D eigenvalue weighted by atomic mass is 16.4. The molecule has 128 valence electrons. The molecule has 6 heteroatoms. The van der Waals surface area contributed by atoms with Crippen LogP contribution in [0.15, 0.2) is 24.3 Å². The summed E-state index contributed by atoms with van der Waals surface area (Å²) < 4.78 is 0. The Morgan fingerprint density at radius 2 is 1.75 bits per heavy atom. The van der Waals surface area contributed by atoms with Gasteiger partial charge in [-0.15, -0.1) is 0 Å². The second kappa shape index (κ2) is 7.03. The number of nitrogens with zero attached hydrogens (tertiary/aromatic N) is 1. The zero-order valence-electron chi connectivity index (χ0n) is 13.5. The lowest BCUT2D eigenvalue weighted by Gasteiger charge is -2.30. The first-order chi connectivity index (χ1) is 11.5. The van der Waals surface area contributed by atoms with Crippen LogP contribution in [0.1, 0.15) is 53.9 Å². The Labute approximate surface area is 140 Å². The molecule has 3 rings (SSSR count). The van der Waals surface area contributed by atoms with E-state index in [0.717, 1.165) is 12.0 Å². The lowest BCUT2D eigenvalue weighted by Crippen LogP contribution is -2.46. The van der Waals surface area contributed by atoms with Crippen LogP contribution in [0.25, 0.3) is 0 Å². The van der Waals surface area contributed by atoms with Crippen LogP contribution >= 0.6 is 0 Å². The molecule has 0 unspecified atom stereocenters. The molecule has 0 aromatic heterocycles. The van der Waals surface area contributed by atoms with Crippen LogP contribution in [-0.4, -0.2) is 46.9 Å². The molecule has 1 atom stereocenters. The Morgan fingerprint density at radius 1 is 1.08 bits per heavy atom. The number of amides is 2. The van der Waals surface area contributed by atoms with Crippen LogP contribution in [0, 0.1) is 0 Å². The molecule has 1 saturated heterocycles. The molecule has 2 amide bonds. The maximum Gasteiger partial charge on any atom is 0.407 e. The van der Waals surface area contributed by atoms with Gasteiger partial charge >= 0.3 is 6.09 Å². The van der Waals surface area contributed by atoms with E-state index < -0.39 is 6.09 Å². The zero-order valence-corrected chi connectivity index (χ0v) is 13.5. The van der Waals surface area contributed by atoms with Crippen molar-refractivity contribution in [2.24, 2.45) is 0 Å². The number of ketones is 1. The zero-order chi connectivity index (χ0) is 17.1. The molecule has 0 radical (unpaired) electrons. The molecule has 1 heterocycles. The molecule has 6 nitrogen and oxygen atoms in total. The number of carbonyl (C=O) groups is 3. The molecule has 1 aromatic rings. The molecule has 1 aliphatic heterocycles. The smallest absolute Gasteiger partial charge is 0.407 e. The number of carbonyl (C=O) groups excluding carboxylic acids is 2. The van der Waals surface area contributed by atoms with Crippen molar-refractivity contribution in [3.05, 3.63) is 35.4 Å². The number of Topliss-reactive ketones (excluding diaryl/α,β-unsaturated/α-hetero) is 1. The largest absolute Gasteiger partial charge is 0.465 e. The van der Waals surface area contributed by atoms with Crippen molar-refractivity contribution in [2.75, 3.05) is 13.1 Å². The minimum atomic E-state index is -0.902. The third-order valence-corrected chi connectivity index (χ3v) is 4.99. The van der Waals surface area contributed by atoms with Gasteiger partial charge in [-0.25, -0.2) is 4.79 Å². The topological polar surface area (TPSA) is 86.7 Å². The molecule has 1 aliphatic carbocycles. The summed E-state index contributed by atoms with van der Waals surface area (Å²) in [7, 11) is 0. The van der Waals surface area contributed by atoms with Crippen LogP contribution in [0.4, 0.5) is 4.79 Å². The fourth-order valence-corrected chi connectivity index (χ4v) is 3.49. The molecule has 2 fully saturated rings. The quantitative estimate of drug-likeness (QED) is 0.891. The predicted molar refractivity (Wildman–Crippen MR) is 88.1 cm³/mol. The number of rotatable bonds is 3. The Hall–Kier alpha value is -2.37. The summed E-state index contributed by atoms with van der Waals surface area (Å²) in [6.07, 6.45) is 2.53. The van der Waals surface area contributed by atoms with Gasteiger partial charge in [-0.3, -0.25) is 9.59 Å². The molecule has 2 N–H and O–H groups in total. The van der Waals surface area contributed by atoms with Crippen LogP contribution in [0.3, 0.4) is 0 Å². The SMILES string of the molecule is O=C1CC[C@H](c2ccc(C(=O)NC3CCN(C(=O)O)CC3)cc2)C1. The highest BCUT2D eigenvalue weighted by molar-refractivity contribution is 5.94. The molecule has 1 aromatic carbocycles. The first-order valence-electron chi connectivity index (χ1n) is 8.43. The first-order valence-corrected chi connectivity index (χ1v) is 8.43. The average molecular weight is 330 g/mol. The summed E-state index contributed by atoms with van der Waals surface area (Å²) in [5, 5.41) is 11.9. The van der Waals surface area contributed by atoms with Crippen LogP contribution in [0.5, 0.6) is 0 Å². The third kappa shape index (κ3) is 3.75. The van der Waals surface area contributed by atoms with Crippen molar-refractivity contribution in [3.63, 3.8) is 0 Å². The number of benzene rings is 1. The summed E-state index contributed by atoms with van der Waals surface area (Å²) in [5.74, 6) is 0.474. The van der Waals surface area contributed by atoms with Gasteiger partial charge in [0, 0.05) is 37.5 Å². The van der Waals surface area contributed by atoms with Gasteiger partial charge in [0.1, 0.15) is 5.78 Å². The highest BCUT2D eigenvalue weighted by Crippen LogP contribution is 2.32. The fourth-order valence-electron chi connectivity index (χ4n) is 3.49. The lowest BCUT2D eigenvalue weighted by atomic mass is 9.96. The number of carboxylic acid groups (broad SMARTS) is 1. The monoisotopic (exact) mass is 330 g/mol. The van der Waals surface area contributed by atoms with Crippen molar-refractivity contribution in [1.82, 2.24) is 10.2 Å². The van der Waals surface area contributed by atoms with E-state index in [1.807, 2.05) is 12.1 Å². The van der Waals surface area contributed by atoms with Gasteiger partial charge in [0.25, 0.3) is 5.91 Å². The molecule has 2 aliphatic rings. The van der Waals surface area contributed by atoms with Crippen molar-refractivity contribution in [3.8, 4) is 0 Å². The Morgan fingerprint density at radius 3 is 2.29 bits per heavy atom. The van der Waals surface area contributed by atoms with Crippen LogP contribution in [0.2, 0.25) is 0 Å². The maximum absolute atomic E-state index is 12.3. The summed E-state index contributed by atoms with van der Waals surface area (Å²) in [4.78, 5) is 36.0. The maximum atomic E-state index is 12.3.